The molecule has 0 saturated heterocycles. The van der Waals surface area contributed by atoms with Crippen LogP contribution in [-0.2, 0) is 16.4 Å². The summed E-state index contributed by atoms with van der Waals surface area (Å²) < 4.78 is 27.7. The van der Waals surface area contributed by atoms with Gasteiger partial charge in [-0.3, -0.25) is 9.48 Å². The maximum absolute atomic E-state index is 12.8. The molecule has 1 aromatic carbocycles. The Bertz CT molecular complexity index is 1280. The number of amides is 1. The molecule has 0 fully saturated rings. The van der Waals surface area contributed by atoms with Gasteiger partial charge in [-0.25, -0.2) is 8.42 Å². The van der Waals surface area contributed by atoms with E-state index in [1.807, 2.05) is 20.8 Å². The fraction of sp³-hybridized carbons (Fsp3) is 0.316. The van der Waals surface area contributed by atoms with Gasteiger partial charge < -0.3 is 4.57 Å². The number of terminal acetylenes is 1. The molecule has 0 bridgehead atoms. The van der Waals surface area contributed by atoms with Gasteiger partial charge in [0.1, 0.15) is 5.69 Å². The molecule has 0 radical (unpaired) electrons. The van der Waals surface area contributed by atoms with Gasteiger partial charge in [-0.2, -0.15) is 10.1 Å². The van der Waals surface area contributed by atoms with Crippen LogP contribution in [0, 0.1) is 19.3 Å². The Kier molecular flexibility index (Phi) is 5.28. The Morgan fingerprint density at radius 3 is 2.68 bits per heavy atom. The first-order valence-corrected chi connectivity index (χ1v) is 11.2. The molecule has 9 heteroatoms. The highest BCUT2D eigenvalue weighted by atomic mass is 32.2. The second-order valence-corrected chi connectivity index (χ2v) is 9.73. The monoisotopic (exact) mass is 416 g/mol. The zero-order chi connectivity index (χ0) is 20.6. The lowest BCUT2D eigenvalue weighted by molar-refractivity contribution is 0.0986. The van der Waals surface area contributed by atoms with Crippen molar-refractivity contribution >= 4 is 37.3 Å². The van der Waals surface area contributed by atoms with Crippen LogP contribution in [-0.4, -0.2) is 34.9 Å². The fourth-order valence-electron chi connectivity index (χ4n) is 2.83. The van der Waals surface area contributed by atoms with Gasteiger partial charge in [-0.1, -0.05) is 17.3 Å². The number of hydrogen-bond acceptors (Lipinski definition) is 5. The number of nitrogens with zero attached hydrogens (tertiary/aromatic N) is 4. The normalized spacial score (nSPS) is 12.6. The second-order valence-electron chi connectivity index (χ2n) is 6.70. The molecule has 0 saturated carbocycles. The van der Waals surface area contributed by atoms with Crippen LogP contribution in [0.15, 0.2) is 34.2 Å². The number of aromatic nitrogens is 3. The molecule has 0 atom stereocenters. The summed E-state index contributed by atoms with van der Waals surface area (Å²) in [4.78, 5) is 17.7. The molecule has 0 N–H and O–H groups in total. The molecule has 28 heavy (non-hydrogen) atoms. The van der Waals surface area contributed by atoms with E-state index >= 15 is 0 Å². The number of aryl methyl sites for hydroxylation is 1. The van der Waals surface area contributed by atoms with Gasteiger partial charge in [0.25, 0.3) is 5.91 Å². The Labute approximate surface area is 167 Å². The third-order valence-corrected chi connectivity index (χ3v) is 6.25. The van der Waals surface area contributed by atoms with E-state index in [-0.39, 0.29) is 17.5 Å². The minimum Gasteiger partial charge on any atom is -0.305 e. The Morgan fingerprint density at radius 2 is 2.07 bits per heavy atom. The topological polar surface area (TPSA) is 86.3 Å². The van der Waals surface area contributed by atoms with Crippen molar-refractivity contribution in [3.05, 3.63) is 40.5 Å². The second kappa shape index (κ2) is 7.37. The molecular weight excluding hydrogens is 396 g/mol. The summed E-state index contributed by atoms with van der Waals surface area (Å²) in [5.41, 5.74) is 1.86. The van der Waals surface area contributed by atoms with Gasteiger partial charge in [-0.05, 0) is 45.0 Å². The van der Waals surface area contributed by atoms with Crippen LogP contribution in [0.3, 0.4) is 0 Å². The standard InChI is InChI=1S/C19H20N4O3S2/c1-6-9-22-15-8-7-14(28(5,25)26)11-17(15)27-19(22)20-18(24)16-10-13(4)21-23(16)12(2)3/h1,7-8,10-12H,9H2,2-5H3. The molecule has 2 heterocycles. The maximum atomic E-state index is 12.8. The van der Waals surface area contributed by atoms with Crippen molar-refractivity contribution < 1.29 is 13.2 Å². The number of carbonyl (C=O) groups is 1. The number of fused-ring (bicyclic) bond motifs is 1. The molecule has 0 spiro atoms. The van der Waals surface area contributed by atoms with Crippen molar-refractivity contribution in [2.45, 2.75) is 38.3 Å². The summed E-state index contributed by atoms with van der Waals surface area (Å²) in [5, 5.41) is 4.35. The molecule has 0 aliphatic carbocycles. The smallest absolute Gasteiger partial charge is 0.297 e. The molecular formula is C19H20N4O3S2. The van der Waals surface area contributed by atoms with Crippen molar-refractivity contribution in [2.75, 3.05) is 6.26 Å². The molecule has 2 aromatic heterocycles. The van der Waals surface area contributed by atoms with Crippen molar-refractivity contribution in [3.63, 3.8) is 0 Å². The number of carbonyl (C=O) groups excluding carboxylic acids is 1. The highest BCUT2D eigenvalue weighted by Crippen LogP contribution is 2.22. The first-order valence-electron chi connectivity index (χ1n) is 8.54. The summed E-state index contributed by atoms with van der Waals surface area (Å²) in [6.45, 7) is 5.91. The minimum absolute atomic E-state index is 0.0143. The molecule has 3 rings (SSSR count). The Morgan fingerprint density at radius 1 is 1.36 bits per heavy atom. The number of sulfone groups is 1. The third-order valence-electron chi connectivity index (χ3n) is 4.10. The van der Waals surface area contributed by atoms with Gasteiger partial charge >= 0.3 is 0 Å². The van der Waals surface area contributed by atoms with Crippen LogP contribution >= 0.6 is 11.3 Å². The Balaban J connectivity index is 2.20. The van der Waals surface area contributed by atoms with Crippen LogP contribution in [0.1, 0.15) is 36.1 Å². The first-order chi connectivity index (χ1) is 13.1. The molecule has 0 unspecified atom stereocenters. The van der Waals surface area contributed by atoms with E-state index in [2.05, 4.69) is 16.0 Å². The van der Waals surface area contributed by atoms with Gasteiger partial charge in [0.05, 0.1) is 27.4 Å². The van der Waals surface area contributed by atoms with Crippen LogP contribution in [0.5, 0.6) is 0 Å². The van der Waals surface area contributed by atoms with Crippen LogP contribution < -0.4 is 4.80 Å². The lowest BCUT2D eigenvalue weighted by Crippen LogP contribution is -2.18. The summed E-state index contributed by atoms with van der Waals surface area (Å²) in [7, 11) is -3.34. The predicted octanol–water partition coefficient (Wildman–Crippen LogP) is 2.57. The van der Waals surface area contributed by atoms with Gasteiger partial charge in [0.15, 0.2) is 14.6 Å². The Hall–Kier alpha value is -2.70. The summed E-state index contributed by atoms with van der Waals surface area (Å²) in [6.07, 6.45) is 6.64. The van der Waals surface area contributed by atoms with Gasteiger partial charge in [0, 0.05) is 12.3 Å². The molecule has 7 nitrogen and oxygen atoms in total. The average Bonchev–Trinajstić information content (AvgIpc) is 3.15. The van der Waals surface area contributed by atoms with E-state index in [0.29, 0.717) is 15.2 Å². The molecule has 3 aromatic rings. The molecule has 0 aliphatic rings. The first kappa shape index (κ1) is 20.0. The lowest BCUT2D eigenvalue weighted by atomic mass is 10.3. The summed E-state index contributed by atoms with van der Waals surface area (Å²) in [6, 6.07) is 6.51. The van der Waals surface area contributed by atoms with Crippen molar-refractivity contribution in [1.82, 2.24) is 14.3 Å². The van der Waals surface area contributed by atoms with Crippen LogP contribution in [0.25, 0.3) is 10.2 Å². The predicted molar refractivity (Wildman–Crippen MR) is 109 cm³/mol. The third kappa shape index (κ3) is 3.79. The lowest BCUT2D eigenvalue weighted by Gasteiger charge is -2.07. The quantitative estimate of drug-likeness (QED) is 0.612. The maximum Gasteiger partial charge on any atom is 0.297 e. The highest BCUT2D eigenvalue weighted by Gasteiger charge is 2.17. The van der Waals surface area contributed by atoms with Crippen LogP contribution in [0.2, 0.25) is 0 Å². The van der Waals surface area contributed by atoms with E-state index in [0.717, 1.165) is 17.5 Å². The number of benzene rings is 1. The molecule has 0 aliphatic heterocycles. The SMILES string of the molecule is C#CCn1c(=NC(=O)c2cc(C)nn2C(C)C)sc2cc(S(C)(=O)=O)ccc21. The fourth-order valence-corrected chi connectivity index (χ4v) is 4.62. The number of rotatable bonds is 4. The number of hydrogen-bond donors (Lipinski definition) is 0. The van der Waals surface area contributed by atoms with Gasteiger partial charge in [-0.15, -0.1) is 6.42 Å². The van der Waals surface area contributed by atoms with E-state index < -0.39 is 15.7 Å². The number of thiazole rings is 1. The molecule has 1 amide bonds. The van der Waals surface area contributed by atoms with E-state index in [4.69, 9.17) is 6.42 Å². The van der Waals surface area contributed by atoms with E-state index in [1.54, 1.807) is 27.4 Å². The summed E-state index contributed by atoms with van der Waals surface area (Å²) >= 11 is 1.22. The van der Waals surface area contributed by atoms with E-state index in [1.165, 1.54) is 17.4 Å². The zero-order valence-corrected chi connectivity index (χ0v) is 17.6. The molecule has 146 valence electrons. The van der Waals surface area contributed by atoms with Crippen molar-refractivity contribution in [2.24, 2.45) is 4.99 Å². The average molecular weight is 417 g/mol. The minimum atomic E-state index is -3.34. The van der Waals surface area contributed by atoms with Crippen molar-refractivity contribution in [3.8, 4) is 12.3 Å². The van der Waals surface area contributed by atoms with Gasteiger partial charge in [0.2, 0.25) is 0 Å². The van der Waals surface area contributed by atoms with Crippen LogP contribution in [0.4, 0.5) is 0 Å². The highest BCUT2D eigenvalue weighted by molar-refractivity contribution is 7.90. The zero-order valence-electron chi connectivity index (χ0n) is 16.0. The van der Waals surface area contributed by atoms with E-state index in [9.17, 15) is 13.2 Å². The largest absolute Gasteiger partial charge is 0.305 e. The van der Waals surface area contributed by atoms with Crippen molar-refractivity contribution in [1.29, 1.82) is 0 Å². The summed E-state index contributed by atoms with van der Waals surface area (Å²) in [5.74, 6) is 2.14.